The second kappa shape index (κ2) is 5.66. The summed E-state index contributed by atoms with van der Waals surface area (Å²) in [5.41, 5.74) is 0.565. The van der Waals surface area contributed by atoms with Gasteiger partial charge in [0.25, 0.3) is 0 Å². The van der Waals surface area contributed by atoms with E-state index in [2.05, 4.69) is 13.8 Å². The summed E-state index contributed by atoms with van der Waals surface area (Å²) in [6, 6.07) is 3.86. The average Bonchev–Trinajstić information content (AvgIpc) is 2.28. The molecule has 1 aromatic carbocycles. The highest BCUT2D eigenvalue weighted by molar-refractivity contribution is 5.94. The maximum absolute atomic E-state index is 13.0. The van der Waals surface area contributed by atoms with Crippen LogP contribution < -0.4 is 4.90 Å². The fourth-order valence-corrected chi connectivity index (χ4v) is 1.71. The van der Waals surface area contributed by atoms with Gasteiger partial charge in [0.2, 0.25) is 0 Å². The highest BCUT2D eigenvalue weighted by Crippen LogP contribution is 2.22. The molecule has 0 amide bonds. The van der Waals surface area contributed by atoms with Gasteiger partial charge < -0.3 is 10.0 Å². The molecule has 1 aromatic rings. The van der Waals surface area contributed by atoms with E-state index in [4.69, 9.17) is 5.11 Å². The van der Waals surface area contributed by atoms with Gasteiger partial charge in [0, 0.05) is 13.6 Å². The summed E-state index contributed by atoms with van der Waals surface area (Å²) < 4.78 is 13.0. The first-order chi connectivity index (χ1) is 7.95. The fourth-order valence-electron chi connectivity index (χ4n) is 1.71. The molecular weight excluding hydrogens is 221 g/mol. The van der Waals surface area contributed by atoms with Gasteiger partial charge in [-0.05, 0) is 24.1 Å². The third-order valence-corrected chi connectivity index (χ3v) is 2.88. The molecule has 0 spiro atoms. The van der Waals surface area contributed by atoms with E-state index in [1.807, 2.05) is 11.9 Å². The number of nitrogens with zero attached hydrogens (tertiary/aromatic N) is 1. The van der Waals surface area contributed by atoms with Gasteiger partial charge in [-0.15, -0.1) is 0 Å². The number of hydrogen-bond acceptors (Lipinski definition) is 2. The van der Waals surface area contributed by atoms with Gasteiger partial charge in [-0.25, -0.2) is 9.18 Å². The molecule has 1 atom stereocenters. The summed E-state index contributed by atoms with van der Waals surface area (Å²) in [6.07, 6.45) is 1.02. The predicted octanol–water partition coefficient (Wildman–Crippen LogP) is 3.01. The van der Waals surface area contributed by atoms with Crippen LogP contribution in [0.3, 0.4) is 0 Å². The van der Waals surface area contributed by atoms with Crippen molar-refractivity contribution < 1.29 is 14.3 Å². The summed E-state index contributed by atoms with van der Waals surface area (Å²) in [5, 5.41) is 9.04. The SMILES string of the molecule is CCC(C)CN(C)c1ccc(F)cc1C(=O)O. The molecule has 17 heavy (non-hydrogen) atoms. The zero-order chi connectivity index (χ0) is 13.0. The molecule has 1 N–H and O–H groups in total. The van der Waals surface area contributed by atoms with Crippen LogP contribution in [0, 0.1) is 11.7 Å². The molecule has 0 saturated heterocycles. The monoisotopic (exact) mass is 239 g/mol. The van der Waals surface area contributed by atoms with Gasteiger partial charge in [0.15, 0.2) is 0 Å². The van der Waals surface area contributed by atoms with Crippen LogP contribution in [0.2, 0.25) is 0 Å². The summed E-state index contributed by atoms with van der Waals surface area (Å²) in [5.74, 6) is -1.16. The molecule has 0 aliphatic carbocycles. The summed E-state index contributed by atoms with van der Waals surface area (Å²) in [6.45, 7) is 4.93. The standard InChI is InChI=1S/C13H18FNO2/c1-4-9(2)8-15(3)12-6-5-10(14)7-11(12)13(16)17/h5-7,9H,4,8H2,1-3H3,(H,16,17). The average molecular weight is 239 g/mol. The molecule has 0 heterocycles. The molecule has 94 valence electrons. The second-order valence-corrected chi connectivity index (χ2v) is 4.36. The molecule has 0 fully saturated rings. The molecule has 0 aliphatic rings. The van der Waals surface area contributed by atoms with Crippen molar-refractivity contribution in [3.8, 4) is 0 Å². The zero-order valence-corrected chi connectivity index (χ0v) is 10.4. The lowest BCUT2D eigenvalue weighted by molar-refractivity contribution is 0.0697. The number of hydrogen-bond donors (Lipinski definition) is 1. The smallest absolute Gasteiger partial charge is 0.337 e. The minimum absolute atomic E-state index is 0.0100. The Kier molecular flexibility index (Phi) is 4.49. The van der Waals surface area contributed by atoms with E-state index in [1.165, 1.54) is 12.1 Å². The van der Waals surface area contributed by atoms with E-state index in [0.29, 0.717) is 11.6 Å². The van der Waals surface area contributed by atoms with Crippen LogP contribution in [0.4, 0.5) is 10.1 Å². The lowest BCUT2D eigenvalue weighted by Gasteiger charge is -2.24. The van der Waals surface area contributed by atoms with Crippen molar-refractivity contribution in [3.05, 3.63) is 29.6 Å². The Labute approximate surface area is 101 Å². The van der Waals surface area contributed by atoms with Crippen LogP contribution in [0.15, 0.2) is 18.2 Å². The van der Waals surface area contributed by atoms with E-state index in [9.17, 15) is 9.18 Å². The van der Waals surface area contributed by atoms with Crippen molar-refractivity contribution in [1.82, 2.24) is 0 Å². The van der Waals surface area contributed by atoms with E-state index in [-0.39, 0.29) is 5.56 Å². The van der Waals surface area contributed by atoms with Crippen molar-refractivity contribution in [2.24, 2.45) is 5.92 Å². The van der Waals surface area contributed by atoms with Crippen LogP contribution in [0.1, 0.15) is 30.6 Å². The van der Waals surface area contributed by atoms with Gasteiger partial charge in [-0.3, -0.25) is 0 Å². The molecule has 1 unspecified atom stereocenters. The first-order valence-corrected chi connectivity index (χ1v) is 5.69. The number of carbonyl (C=O) groups is 1. The number of aromatic carboxylic acids is 1. The number of rotatable bonds is 5. The first kappa shape index (κ1) is 13.5. The Hall–Kier alpha value is -1.58. The third-order valence-electron chi connectivity index (χ3n) is 2.88. The van der Waals surface area contributed by atoms with Gasteiger partial charge in [-0.2, -0.15) is 0 Å². The lowest BCUT2D eigenvalue weighted by Crippen LogP contribution is -2.25. The molecule has 1 rings (SSSR count). The minimum Gasteiger partial charge on any atom is -0.478 e. The Morgan fingerprint density at radius 3 is 2.71 bits per heavy atom. The fraction of sp³-hybridized carbons (Fsp3) is 0.462. The van der Waals surface area contributed by atoms with Gasteiger partial charge in [0.05, 0.1) is 11.3 Å². The van der Waals surface area contributed by atoms with Crippen molar-refractivity contribution >= 4 is 11.7 Å². The van der Waals surface area contributed by atoms with E-state index in [0.717, 1.165) is 19.0 Å². The summed E-state index contributed by atoms with van der Waals surface area (Å²) in [7, 11) is 1.83. The number of halogens is 1. The maximum atomic E-state index is 13.0. The molecule has 0 saturated carbocycles. The Morgan fingerprint density at radius 2 is 2.18 bits per heavy atom. The van der Waals surface area contributed by atoms with Gasteiger partial charge in [0.1, 0.15) is 5.82 Å². The highest BCUT2D eigenvalue weighted by Gasteiger charge is 2.15. The molecule has 0 bridgehead atoms. The summed E-state index contributed by atoms with van der Waals surface area (Å²) in [4.78, 5) is 12.9. The third kappa shape index (κ3) is 3.44. The van der Waals surface area contributed by atoms with E-state index >= 15 is 0 Å². The molecule has 0 aromatic heterocycles. The lowest BCUT2D eigenvalue weighted by atomic mass is 10.1. The van der Waals surface area contributed by atoms with Crippen LogP contribution in [0.5, 0.6) is 0 Å². The Balaban J connectivity index is 3.00. The van der Waals surface area contributed by atoms with Gasteiger partial charge in [-0.1, -0.05) is 20.3 Å². The number of carboxylic acids is 1. The maximum Gasteiger partial charge on any atom is 0.337 e. The Bertz CT molecular complexity index is 406. The summed E-state index contributed by atoms with van der Waals surface area (Å²) >= 11 is 0. The predicted molar refractivity (Wildman–Crippen MR) is 66.1 cm³/mol. The van der Waals surface area contributed by atoms with Crippen LogP contribution in [-0.4, -0.2) is 24.7 Å². The number of anilines is 1. The number of benzene rings is 1. The van der Waals surface area contributed by atoms with Crippen molar-refractivity contribution in [2.75, 3.05) is 18.5 Å². The molecule has 3 nitrogen and oxygen atoms in total. The second-order valence-electron chi connectivity index (χ2n) is 4.36. The largest absolute Gasteiger partial charge is 0.478 e. The van der Waals surface area contributed by atoms with Crippen molar-refractivity contribution in [2.45, 2.75) is 20.3 Å². The molecule has 0 aliphatic heterocycles. The first-order valence-electron chi connectivity index (χ1n) is 5.69. The van der Waals surface area contributed by atoms with Crippen LogP contribution in [-0.2, 0) is 0 Å². The van der Waals surface area contributed by atoms with Crippen molar-refractivity contribution in [3.63, 3.8) is 0 Å². The Morgan fingerprint density at radius 1 is 1.53 bits per heavy atom. The quantitative estimate of drug-likeness (QED) is 0.858. The van der Waals surface area contributed by atoms with Crippen LogP contribution in [0.25, 0.3) is 0 Å². The van der Waals surface area contributed by atoms with Crippen LogP contribution >= 0.6 is 0 Å². The minimum atomic E-state index is -1.10. The normalized spacial score (nSPS) is 12.2. The van der Waals surface area contributed by atoms with Gasteiger partial charge >= 0.3 is 5.97 Å². The van der Waals surface area contributed by atoms with E-state index < -0.39 is 11.8 Å². The van der Waals surface area contributed by atoms with Crippen molar-refractivity contribution in [1.29, 1.82) is 0 Å². The zero-order valence-electron chi connectivity index (χ0n) is 10.4. The highest BCUT2D eigenvalue weighted by atomic mass is 19.1. The molecule has 0 radical (unpaired) electrons. The number of carboxylic acid groups (broad SMARTS) is 1. The van der Waals surface area contributed by atoms with E-state index in [1.54, 1.807) is 0 Å². The topological polar surface area (TPSA) is 40.5 Å². The molecular formula is C13H18FNO2. The molecule has 4 heteroatoms.